The van der Waals surface area contributed by atoms with E-state index in [-0.39, 0.29) is 29.1 Å². The fraction of sp³-hybridized carbons (Fsp3) is 0.316. The lowest BCUT2D eigenvalue weighted by Gasteiger charge is -2.34. The number of benzene rings is 4. The molecule has 1 aliphatic carbocycles. The van der Waals surface area contributed by atoms with Crippen LogP contribution in [0, 0.1) is 6.92 Å². The van der Waals surface area contributed by atoms with Crippen LogP contribution in [0.5, 0.6) is 11.5 Å². The molecule has 5 rings (SSSR count). The number of anilines is 1. The van der Waals surface area contributed by atoms with Gasteiger partial charge in [-0.25, -0.2) is 8.42 Å². The van der Waals surface area contributed by atoms with Crippen LogP contribution in [0.4, 0.5) is 5.69 Å². The van der Waals surface area contributed by atoms with Crippen molar-refractivity contribution >= 4 is 50.7 Å². The number of nitrogens with one attached hydrogen (secondary N) is 1. The number of halogens is 2. The summed E-state index contributed by atoms with van der Waals surface area (Å²) in [4.78, 5) is 29.8. The van der Waals surface area contributed by atoms with E-state index < -0.39 is 28.5 Å². The van der Waals surface area contributed by atoms with Crippen LogP contribution in [0.1, 0.15) is 56.6 Å². The van der Waals surface area contributed by atoms with Crippen molar-refractivity contribution in [1.29, 1.82) is 0 Å². The molecule has 258 valence electrons. The van der Waals surface area contributed by atoms with Crippen molar-refractivity contribution < 1.29 is 22.7 Å². The Morgan fingerprint density at radius 2 is 1.45 bits per heavy atom. The molecule has 1 atom stereocenters. The van der Waals surface area contributed by atoms with Gasteiger partial charge in [-0.3, -0.25) is 13.9 Å². The SMILES string of the molecule is CC[C@@H](C(=O)NC1CCCCC1)N(Cc1c(Cl)cccc1Cl)C(=O)CN(c1ccc(Oc2ccccc2)cc1)S(=O)(=O)c1ccc(C)cc1. The maximum atomic E-state index is 14.5. The second-order valence-corrected chi connectivity index (χ2v) is 14.9. The molecule has 1 fully saturated rings. The van der Waals surface area contributed by atoms with Gasteiger partial charge in [-0.05, 0) is 86.8 Å². The Morgan fingerprint density at radius 3 is 2.06 bits per heavy atom. The number of amides is 2. The monoisotopic (exact) mass is 721 g/mol. The molecule has 1 saturated carbocycles. The highest BCUT2D eigenvalue weighted by Crippen LogP contribution is 2.31. The minimum Gasteiger partial charge on any atom is -0.457 e. The lowest BCUT2D eigenvalue weighted by molar-refractivity contribution is -0.140. The molecule has 0 heterocycles. The Balaban J connectivity index is 1.51. The first-order valence-electron chi connectivity index (χ1n) is 16.5. The fourth-order valence-electron chi connectivity index (χ4n) is 5.99. The molecule has 4 aromatic rings. The molecular weight excluding hydrogens is 681 g/mol. The van der Waals surface area contributed by atoms with E-state index in [1.54, 1.807) is 54.6 Å². The lowest BCUT2D eigenvalue weighted by atomic mass is 9.95. The van der Waals surface area contributed by atoms with Gasteiger partial charge in [0.2, 0.25) is 11.8 Å². The van der Waals surface area contributed by atoms with E-state index in [9.17, 15) is 18.0 Å². The Kier molecular flexibility index (Phi) is 12.3. The third-order valence-electron chi connectivity index (χ3n) is 8.72. The summed E-state index contributed by atoms with van der Waals surface area (Å²) in [5.74, 6) is 0.248. The highest BCUT2D eigenvalue weighted by molar-refractivity contribution is 7.92. The third-order valence-corrected chi connectivity index (χ3v) is 11.2. The van der Waals surface area contributed by atoms with E-state index in [1.165, 1.54) is 17.0 Å². The number of aryl methyl sites for hydroxylation is 1. The molecular formula is C38H41Cl2N3O5S. The second kappa shape index (κ2) is 16.6. The van der Waals surface area contributed by atoms with Crippen molar-refractivity contribution in [3.8, 4) is 11.5 Å². The molecule has 4 aromatic carbocycles. The number of sulfonamides is 1. The van der Waals surface area contributed by atoms with E-state index in [1.807, 2.05) is 44.2 Å². The van der Waals surface area contributed by atoms with Crippen LogP contribution in [0.3, 0.4) is 0 Å². The van der Waals surface area contributed by atoms with Crippen LogP contribution in [0.25, 0.3) is 0 Å². The molecule has 1 N–H and O–H groups in total. The van der Waals surface area contributed by atoms with Crippen molar-refractivity contribution in [3.05, 3.63) is 118 Å². The van der Waals surface area contributed by atoms with Gasteiger partial charge in [-0.2, -0.15) is 0 Å². The number of hydrogen-bond donors (Lipinski definition) is 1. The van der Waals surface area contributed by atoms with Gasteiger partial charge in [-0.15, -0.1) is 0 Å². The molecule has 0 bridgehead atoms. The molecule has 1 aliphatic rings. The molecule has 0 spiro atoms. The van der Waals surface area contributed by atoms with Crippen molar-refractivity contribution in [3.63, 3.8) is 0 Å². The van der Waals surface area contributed by atoms with Crippen LogP contribution < -0.4 is 14.4 Å². The predicted molar refractivity (Wildman–Crippen MR) is 195 cm³/mol. The molecule has 0 radical (unpaired) electrons. The fourth-order valence-corrected chi connectivity index (χ4v) is 7.92. The minimum absolute atomic E-state index is 0.0196. The highest BCUT2D eigenvalue weighted by atomic mass is 35.5. The molecule has 0 unspecified atom stereocenters. The number of rotatable bonds is 13. The summed E-state index contributed by atoms with van der Waals surface area (Å²) < 4.78 is 35.6. The number of para-hydroxylation sites is 1. The minimum atomic E-state index is -4.24. The Morgan fingerprint density at radius 1 is 0.837 bits per heavy atom. The highest BCUT2D eigenvalue weighted by Gasteiger charge is 2.35. The van der Waals surface area contributed by atoms with Gasteiger partial charge in [-0.1, -0.05) is 91.3 Å². The molecule has 49 heavy (non-hydrogen) atoms. The van der Waals surface area contributed by atoms with Gasteiger partial charge in [0.1, 0.15) is 24.1 Å². The average Bonchev–Trinajstić information content (AvgIpc) is 3.09. The number of carbonyl (C=O) groups is 2. The topological polar surface area (TPSA) is 96.0 Å². The van der Waals surface area contributed by atoms with Crippen LogP contribution in [-0.4, -0.2) is 43.8 Å². The third kappa shape index (κ3) is 9.15. The first-order valence-corrected chi connectivity index (χ1v) is 18.7. The van der Waals surface area contributed by atoms with E-state index in [0.717, 1.165) is 42.0 Å². The smallest absolute Gasteiger partial charge is 0.264 e. The first kappa shape index (κ1) is 36.2. The number of hydrogen-bond acceptors (Lipinski definition) is 5. The maximum absolute atomic E-state index is 14.5. The van der Waals surface area contributed by atoms with Crippen molar-refractivity contribution in [2.45, 2.75) is 75.9 Å². The quantitative estimate of drug-likeness (QED) is 0.149. The summed E-state index contributed by atoms with van der Waals surface area (Å²) in [7, 11) is -4.24. The van der Waals surface area contributed by atoms with Crippen LogP contribution in [0.15, 0.2) is 102 Å². The predicted octanol–water partition coefficient (Wildman–Crippen LogP) is 8.55. The van der Waals surface area contributed by atoms with Crippen LogP contribution in [0.2, 0.25) is 10.0 Å². The second-order valence-electron chi connectivity index (χ2n) is 12.2. The summed E-state index contributed by atoms with van der Waals surface area (Å²) in [6.45, 7) is 3.02. The van der Waals surface area contributed by atoms with E-state index in [4.69, 9.17) is 27.9 Å². The normalized spacial score (nSPS) is 14.1. The van der Waals surface area contributed by atoms with E-state index >= 15 is 0 Å². The summed E-state index contributed by atoms with van der Waals surface area (Å²) in [5, 5.41) is 3.83. The molecule has 0 aromatic heterocycles. The zero-order chi connectivity index (χ0) is 35.0. The molecule has 0 saturated heterocycles. The Bertz CT molecular complexity index is 1810. The number of nitrogens with zero attached hydrogens (tertiary/aromatic N) is 2. The van der Waals surface area contributed by atoms with Crippen molar-refractivity contribution in [2.75, 3.05) is 10.8 Å². The zero-order valence-electron chi connectivity index (χ0n) is 27.6. The molecule has 8 nitrogen and oxygen atoms in total. The van der Waals surface area contributed by atoms with Gasteiger partial charge in [0.25, 0.3) is 10.0 Å². The van der Waals surface area contributed by atoms with Crippen LogP contribution >= 0.6 is 23.2 Å². The largest absolute Gasteiger partial charge is 0.457 e. The molecule has 0 aliphatic heterocycles. The summed E-state index contributed by atoms with van der Waals surface area (Å²) in [6.07, 6.45) is 5.23. The van der Waals surface area contributed by atoms with Gasteiger partial charge in [0.05, 0.1) is 10.6 Å². The molecule has 2 amide bonds. The van der Waals surface area contributed by atoms with Crippen LogP contribution in [-0.2, 0) is 26.2 Å². The first-order chi connectivity index (χ1) is 23.6. The van der Waals surface area contributed by atoms with Gasteiger partial charge < -0.3 is 15.0 Å². The molecule has 11 heteroatoms. The van der Waals surface area contributed by atoms with Gasteiger partial charge in [0, 0.05) is 28.2 Å². The Labute approximate surface area is 299 Å². The van der Waals surface area contributed by atoms with E-state index in [0.29, 0.717) is 33.5 Å². The number of carbonyl (C=O) groups excluding carboxylic acids is 2. The van der Waals surface area contributed by atoms with Gasteiger partial charge >= 0.3 is 0 Å². The maximum Gasteiger partial charge on any atom is 0.264 e. The Hall–Kier alpha value is -4.05. The summed E-state index contributed by atoms with van der Waals surface area (Å²) in [6, 6.07) is 26.3. The van der Waals surface area contributed by atoms with E-state index in [2.05, 4.69) is 5.32 Å². The lowest BCUT2D eigenvalue weighted by Crippen LogP contribution is -2.54. The number of ether oxygens (including phenoxy) is 1. The van der Waals surface area contributed by atoms with Crippen molar-refractivity contribution in [1.82, 2.24) is 10.2 Å². The summed E-state index contributed by atoms with van der Waals surface area (Å²) >= 11 is 13.1. The average molecular weight is 723 g/mol. The van der Waals surface area contributed by atoms with Gasteiger partial charge in [0.15, 0.2) is 0 Å². The van der Waals surface area contributed by atoms with Crippen molar-refractivity contribution in [2.24, 2.45) is 0 Å². The summed E-state index contributed by atoms with van der Waals surface area (Å²) in [5.41, 5.74) is 1.62. The standard InChI is InChI=1S/C38H41Cl2N3O5S/c1-3-36(38(45)41-28-11-6-4-7-12-28)42(25-33-34(39)15-10-16-35(33)40)37(44)26-43(49(46,47)32-23-17-27(2)18-24-32)29-19-21-31(22-20-29)48-30-13-8-5-9-14-30/h5,8-10,13-24,28,36H,3-4,6-7,11-12,25-26H2,1-2H3,(H,41,45)/t36-/m0/s1. The zero-order valence-corrected chi connectivity index (χ0v) is 30.0.